The van der Waals surface area contributed by atoms with Gasteiger partial charge in [0.25, 0.3) is 0 Å². The summed E-state index contributed by atoms with van der Waals surface area (Å²) in [6.07, 6.45) is 2.63. The minimum atomic E-state index is -0.961. The summed E-state index contributed by atoms with van der Waals surface area (Å²) in [5, 5.41) is 0. The number of benzene rings is 1. The molecular formula is C14H16F2N2O2. The Morgan fingerprint density at radius 2 is 1.70 bits per heavy atom. The van der Waals surface area contributed by atoms with Crippen LogP contribution in [0.1, 0.15) is 17.3 Å². The van der Waals surface area contributed by atoms with Crippen LogP contribution in [0.3, 0.4) is 0 Å². The fraction of sp³-hybridized carbons (Fsp3) is 0.286. The Balaban J connectivity index is 3.24. The largest absolute Gasteiger partial charge is 0.383 e. The van der Waals surface area contributed by atoms with Gasteiger partial charge in [0.2, 0.25) is 5.91 Å². The number of hydrogen-bond acceptors (Lipinski definition) is 3. The molecular weight excluding hydrogens is 266 g/mol. The van der Waals surface area contributed by atoms with Crippen LogP contribution in [0, 0.1) is 11.6 Å². The van der Waals surface area contributed by atoms with Crippen LogP contribution in [0.25, 0.3) is 0 Å². The molecule has 108 valence electrons. The maximum atomic E-state index is 13.7. The van der Waals surface area contributed by atoms with Gasteiger partial charge in [0.1, 0.15) is 11.6 Å². The van der Waals surface area contributed by atoms with Gasteiger partial charge in [-0.2, -0.15) is 0 Å². The normalized spacial score (nSPS) is 10.7. The van der Waals surface area contributed by atoms with Crippen molar-refractivity contribution in [2.45, 2.75) is 6.92 Å². The van der Waals surface area contributed by atoms with Gasteiger partial charge in [-0.05, 0) is 6.07 Å². The molecule has 0 fully saturated rings. The summed E-state index contributed by atoms with van der Waals surface area (Å²) in [6, 6.07) is 1.64. The maximum absolute atomic E-state index is 13.7. The summed E-state index contributed by atoms with van der Waals surface area (Å²) in [6.45, 7) is 1.25. The predicted molar refractivity (Wildman–Crippen MR) is 72.6 cm³/mol. The van der Waals surface area contributed by atoms with Crippen molar-refractivity contribution in [3.63, 3.8) is 0 Å². The highest BCUT2D eigenvalue weighted by Crippen LogP contribution is 2.23. The number of ketones is 1. The number of rotatable bonds is 4. The van der Waals surface area contributed by atoms with E-state index in [1.54, 1.807) is 19.0 Å². The smallest absolute Gasteiger partial charge is 0.223 e. The number of carbonyl (C=O) groups excluding carboxylic acids is 2. The Bertz CT molecular complexity index is 569. The van der Waals surface area contributed by atoms with E-state index in [-0.39, 0.29) is 11.3 Å². The average molecular weight is 282 g/mol. The van der Waals surface area contributed by atoms with E-state index in [1.807, 2.05) is 0 Å². The van der Waals surface area contributed by atoms with E-state index < -0.39 is 23.3 Å². The standard InChI is InChI=1S/C14H16F2N2O2/c1-9(19)18(4)13-7-10(11(15)8-12(13)16)14(20)5-6-17(2)3/h5-8H,1-4H3. The number of carbonyl (C=O) groups is 2. The highest BCUT2D eigenvalue weighted by molar-refractivity contribution is 6.05. The van der Waals surface area contributed by atoms with Gasteiger partial charge >= 0.3 is 0 Å². The van der Waals surface area contributed by atoms with E-state index in [0.717, 1.165) is 11.0 Å². The first-order chi connectivity index (χ1) is 9.23. The number of allylic oxidation sites excluding steroid dienone is 1. The van der Waals surface area contributed by atoms with Crippen molar-refractivity contribution in [3.05, 3.63) is 41.6 Å². The zero-order valence-electron chi connectivity index (χ0n) is 11.8. The zero-order chi connectivity index (χ0) is 15.4. The lowest BCUT2D eigenvalue weighted by Gasteiger charge is -2.16. The van der Waals surface area contributed by atoms with E-state index in [1.165, 1.54) is 26.2 Å². The molecule has 0 N–H and O–H groups in total. The molecule has 1 aromatic rings. The molecule has 6 heteroatoms. The summed E-state index contributed by atoms with van der Waals surface area (Å²) >= 11 is 0. The number of halogens is 2. The third kappa shape index (κ3) is 3.63. The molecule has 0 saturated heterocycles. The lowest BCUT2D eigenvalue weighted by molar-refractivity contribution is -0.116. The number of amides is 1. The molecule has 0 aliphatic heterocycles. The fourth-order valence-corrected chi connectivity index (χ4v) is 1.46. The Morgan fingerprint density at radius 3 is 2.20 bits per heavy atom. The van der Waals surface area contributed by atoms with Crippen molar-refractivity contribution in [3.8, 4) is 0 Å². The molecule has 0 unspecified atom stereocenters. The minimum Gasteiger partial charge on any atom is -0.383 e. The Morgan fingerprint density at radius 1 is 1.10 bits per heavy atom. The molecule has 0 atom stereocenters. The number of hydrogen-bond donors (Lipinski definition) is 0. The summed E-state index contributed by atoms with van der Waals surface area (Å²) < 4.78 is 27.3. The maximum Gasteiger partial charge on any atom is 0.223 e. The number of anilines is 1. The van der Waals surface area contributed by atoms with Crippen molar-refractivity contribution < 1.29 is 18.4 Å². The summed E-state index contributed by atoms with van der Waals surface area (Å²) in [7, 11) is 4.77. The highest BCUT2D eigenvalue weighted by atomic mass is 19.1. The lowest BCUT2D eigenvalue weighted by Crippen LogP contribution is -2.24. The van der Waals surface area contributed by atoms with E-state index in [4.69, 9.17) is 0 Å². The van der Waals surface area contributed by atoms with Crippen molar-refractivity contribution in [2.24, 2.45) is 0 Å². The van der Waals surface area contributed by atoms with Crippen molar-refractivity contribution >= 4 is 17.4 Å². The molecule has 0 bridgehead atoms. The van der Waals surface area contributed by atoms with Crippen LogP contribution in [0.5, 0.6) is 0 Å². The summed E-state index contributed by atoms with van der Waals surface area (Å²) in [4.78, 5) is 25.7. The lowest BCUT2D eigenvalue weighted by atomic mass is 10.1. The van der Waals surface area contributed by atoms with Crippen LogP contribution in [-0.2, 0) is 4.79 Å². The van der Waals surface area contributed by atoms with Crippen molar-refractivity contribution in [1.29, 1.82) is 0 Å². The molecule has 0 spiro atoms. The van der Waals surface area contributed by atoms with Crippen LogP contribution in [0.15, 0.2) is 24.4 Å². The Hall–Kier alpha value is -2.24. The highest BCUT2D eigenvalue weighted by Gasteiger charge is 2.18. The topological polar surface area (TPSA) is 40.6 Å². The molecule has 1 amide bonds. The van der Waals surface area contributed by atoms with Crippen LogP contribution in [-0.4, -0.2) is 37.7 Å². The molecule has 0 radical (unpaired) electrons. The molecule has 20 heavy (non-hydrogen) atoms. The zero-order valence-corrected chi connectivity index (χ0v) is 11.8. The third-order valence-electron chi connectivity index (χ3n) is 2.66. The second-order valence-corrected chi connectivity index (χ2v) is 4.51. The molecule has 0 aliphatic carbocycles. The van der Waals surface area contributed by atoms with Gasteiger partial charge in [-0.25, -0.2) is 8.78 Å². The van der Waals surface area contributed by atoms with Gasteiger partial charge in [-0.1, -0.05) is 0 Å². The van der Waals surface area contributed by atoms with Crippen LogP contribution < -0.4 is 4.90 Å². The van der Waals surface area contributed by atoms with E-state index in [2.05, 4.69) is 0 Å². The van der Waals surface area contributed by atoms with Gasteiger partial charge in [0, 0.05) is 46.4 Å². The first kappa shape index (κ1) is 15.8. The molecule has 0 saturated carbocycles. The first-order valence-corrected chi connectivity index (χ1v) is 5.86. The second kappa shape index (κ2) is 6.27. The van der Waals surface area contributed by atoms with E-state index >= 15 is 0 Å². The van der Waals surface area contributed by atoms with Gasteiger partial charge in [0.05, 0.1) is 11.3 Å². The minimum absolute atomic E-state index is 0.138. The van der Waals surface area contributed by atoms with Crippen LogP contribution >= 0.6 is 0 Å². The monoisotopic (exact) mass is 282 g/mol. The van der Waals surface area contributed by atoms with Crippen LogP contribution in [0.2, 0.25) is 0 Å². The fourth-order valence-electron chi connectivity index (χ4n) is 1.46. The van der Waals surface area contributed by atoms with Gasteiger partial charge in [-0.3, -0.25) is 9.59 Å². The molecule has 1 rings (SSSR count). The number of nitrogens with zero attached hydrogens (tertiary/aromatic N) is 2. The SMILES string of the molecule is CC(=O)N(C)c1cc(C(=O)C=CN(C)C)c(F)cc1F. The average Bonchev–Trinajstić information content (AvgIpc) is 2.35. The first-order valence-electron chi connectivity index (χ1n) is 5.86. The molecule has 4 nitrogen and oxygen atoms in total. The summed E-state index contributed by atoms with van der Waals surface area (Å²) in [5.41, 5.74) is -0.423. The van der Waals surface area contributed by atoms with Crippen LogP contribution in [0.4, 0.5) is 14.5 Å². The third-order valence-corrected chi connectivity index (χ3v) is 2.66. The van der Waals surface area contributed by atoms with Crippen molar-refractivity contribution in [2.75, 3.05) is 26.0 Å². The molecule has 1 aromatic carbocycles. The predicted octanol–water partition coefficient (Wildman–Crippen LogP) is 2.21. The molecule has 0 heterocycles. The molecule has 0 aliphatic rings. The van der Waals surface area contributed by atoms with E-state index in [9.17, 15) is 18.4 Å². The Kier molecular flexibility index (Phi) is 4.96. The Labute approximate surface area is 116 Å². The quantitative estimate of drug-likeness (QED) is 0.628. The van der Waals surface area contributed by atoms with E-state index in [0.29, 0.717) is 6.07 Å². The van der Waals surface area contributed by atoms with Gasteiger partial charge < -0.3 is 9.80 Å². The second-order valence-electron chi connectivity index (χ2n) is 4.51. The van der Waals surface area contributed by atoms with Crippen molar-refractivity contribution in [1.82, 2.24) is 4.90 Å². The summed E-state index contributed by atoms with van der Waals surface area (Å²) in [5.74, 6) is -2.88. The van der Waals surface area contributed by atoms with Gasteiger partial charge in [-0.15, -0.1) is 0 Å². The van der Waals surface area contributed by atoms with Gasteiger partial charge in [0.15, 0.2) is 5.78 Å². The molecule has 0 aromatic heterocycles.